The van der Waals surface area contributed by atoms with Crippen LogP contribution in [0.2, 0.25) is 0 Å². The third-order valence-electron chi connectivity index (χ3n) is 9.11. The van der Waals surface area contributed by atoms with E-state index in [0.29, 0.717) is 17.0 Å². The van der Waals surface area contributed by atoms with E-state index in [-0.39, 0.29) is 22.4 Å². The van der Waals surface area contributed by atoms with Gasteiger partial charge in [-0.25, -0.2) is 4.98 Å². The summed E-state index contributed by atoms with van der Waals surface area (Å²) >= 11 is 0. The first-order valence-electron chi connectivity index (χ1n) is 13.1. The molecule has 1 spiro atoms. The molecule has 186 valence electrons. The number of aromatic amines is 3. The van der Waals surface area contributed by atoms with Gasteiger partial charge in [-0.2, -0.15) is 10.1 Å². The lowest BCUT2D eigenvalue weighted by Crippen LogP contribution is -2.45. The van der Waals surface area contributed by atoms with Gasteiger partial charge in [-0.1, -0.05) is 36.4 Å². The molecule has 2 aliphatic carbocycles. The van der Waals surface area contributed by atoms with E-state index in [9.17, 15) is 4.79 Å². The number of benzene rings is 2. The van der Waals surface area contributed by atoms with Crippen molar-refractivity contribution in [3.8, 4) is 0 Å². The van der Waals surface area contributed by atoms with E-state index in [1.807, 2.05) is 24.3 Å². The molecule has 5 N–H and O–H groups in total. The average molecular weight is 493 g/mol. The van der Waals surface area contributed by atoms with E-state index >= 15 is 0 Å². The van der Waals surface area contributed by atoms with Gasteiger partial charge in [-0.05, 0) is 60.8 Å². The molecule has 8 rings (SSSR count). The van der Waals surface area contributed by atoms with Crippen molar-refractivity contribution < 1.29 is 0 Å². The van der Waals surface area contributed by atoms with Gasteiger partial charge < -0.3 is 15.6 Å². The normalized spacial score (nSPS) is 21.6. The minimum absolute atomic E-state index is 0.0588. The predicted molar refractivity (Wildman–Crippen MR) is 142 cm³/mol. The van der Waals surface area contributed by atoms with Gasteiger partial charge in [0, 0.05) is 19.1 Å². The van der Waals surface area contributed by atoms with Gasteiger partial charge in [0.15, 0.2) is 5.65 Å². The van der Waals surface area contributed by atoms with E-state index in [2.05, 4.69) is 49.3 Å². The fraction of sp³-hybridized carbons (Fsp3) is 0.357. The summed E-state index contributed by atoms with van der Waals surface area (Å²) in [6.07, 6.45) is 4.74. The number of nitrogens with two attached hydrogens (primary N) is 1. The highest BCUT2D eigenvalue weighted by atomic mass is 16.1. The van der Waals surface area contributed by atoms with Crippen LogP contribution in [-0.2, 0) is 11.8 Å². The monoisotopic (exact) mass is 492 g/mol. The van der Waals surface area contributed by atoms with Crippen molar-refractivity contribution in [2.45, 2.75) is 43.6 Å². The van der Waals surface area contributed by atoms with Crippen LogP contribution in [-0.4, -0.2) is 43.2 Å². The van der Waals surface area contributed by atoms with Crippen LogP contribution in [0.25, 0.3) is 22.1 Å². The van der Waals surface area contributed by atoms with Crippen molar-refractivity contribution >= 4 is 28.0 Å². The Morgan fingerprint density at radius 1 is 0.946 bits per heavy atom. The van der Waals surface area contributed by atoms with Gasteiger partial charge in [0.1, 0.15) is 11.2 Å². The topological polar surface area (TPSA) is 132 Å². The molecule has 1 aliphatic heterocycles. The van der Waals surface area contributed by atoms with Crippen LogP contribution in [0.15, 0.2) is 53.3 Å². The van der Waals surface area contributed by atoms with Crippen LogP contribution in [0.4, 0.5) is 5.95 Å². The number of rotatable bonds is 3. The number of piperidine rings is 1. The second kappa shape index (κ2) is 7.29. The molecule has 0 amide bonds. The van der Waals surface area contributed by atoms with Crippen LogP contribution in [0.3, 0.4) is 0 Å². The Kier molecular flexibility index (Phi) is 4.16. The quantitative estimate of drug-likeness (QED) is 0.305. The maximum absolute atomic E-state index is 13.4. The van der Waals surface area contributed by atoms with E-state index in [0.717, 1.165) is 67.7 Å². The Bertz CT molecular complexity index is 1700. The Labute approximate surface area is 212 Å². The molecule has 3 aromatic heterocycles. The molecule has 1 saturated heterocycles. The van der Waals surface area contributed by atoms with Crippen LogP contribution < -0.4 is 16.2 Å². The van der Waals surface area contributed by atoms with E-state index in [1.165, 1.54) is 11.1 Å². The second-order valence-corrected chi connectivity index (χ2v) is 11.1. The molecular weight excluding hydrogens is 464 g/mol. The number of anilines is 1. The van der Waals surface area contributed by atoms with Gasteiger partial charge in [-0.15, -0.1) is 0 Å². The van der Waals surface area contributed by atoms with Gasteiger partial charge >= 0.3 is 0 Å². The first kappa shape index (κ1) is 21.1. The van der Waals surface area contributed by atoms with Gasteiger partial charge in [0.2, 0.25) is 5.95 Å². The summed E-state index contributed by atoms with van der Waals surface area (Å²) in [4.78, 5) is 31.8. The van der Waals surface area contributed by atoms with Crippen molar-refractivity contribution in [3.05, 3.63) is 81.5 Å². The predicted octanol–water partition coefficient (Wildman–Crippen LogP) is 3.45. The Morgan fingerprint density at radius 2 is 1.73 bits per heavy atom. The molecule has 1 atom stereocenters. The lowest BCUT2D eigenvalue weighted by atomic mass is 9.73. The lowest BCUT2D eigenvalue weighted by Gasteiger charge is -2.42. The van der Waals surface area contributed by atoms with Crippen molar-refractivity contribution in [2.75, 3.05) is 18.0 Å². The van der Waals surface area contributed by atoms with Crippen molar-refractivity contribution in [1.29, 1.82) is 0 Å². The van der Waals surface area contributed by atoms with E-state index in [1.54, 1.807) is 0 Å². The van der Waals surface area contributed by atoms with Crippen molar-refractivity contribution in [2.24, 2.45) is 11.1 Å². The minimum Gasteiger partial charge on any atom is -0.342 e. The zero-order valence-corrected chi connectivity index (χ0v) is 20.4. The van der Waals surface area contributed by atoms with Crippen LogP contribution in [0.5, 0.6) is 0 Å². The third kappa shape index (κ3) is 2.94. The zero-order chi connectivity index (χ0) is 24.8. The van der Waals surface area contributed by atoms with Gasteiger partial charge in [0.25, 0.3) is 5.56 Å². The Morgan fingerprint density at radius 3 is 2.51 bits per heavy atom. The Balaban J connectivity index is 1.09. The first-order chi connectivity index (χ1) is 18.1. The molecule has 0 radical (unpaired) electrons. The Hall–Kier alpha value is -3.98. The number of hydrogen-bond donors (Lipinski definition) is 4. The number of para-hydroxylation sites is 2. The molecule has 9 heteroatoms. The number of nitrogens with zero attached hydrogens (tertiary/aromatic N) is 4. The highest BCUT2D eigenvalue weighted by Gasteiger charge is 2.52. The molecular formula is C28H28N8O. The summed E-state index contributed by atoms with van der Waals surface area (Å²) in [5.41, 5.74) is 12.1. The molecule has 1 saturated carbocycles. The number of hydrogen-bond acceptors (Lipinski definition) is 6. The maximum Gasteiger partial charge on any atom is 0.263 e. The SMILES string of the molecule is N[C@@H]1c2ccccc2CC12CCN(c1nc3[nH]nc(C4(c5nc6ccccc6[nH]5)CC4)c3c(=O)[nH]1)CC2. The van der Waals surface area contributed by atoms with Crippen molar-refractivity contribution in [3.63, 3.8) is 0 Å². The fourth-order valence-corrected chi connectivity index (χ4v) is 6.78. The maximum atomic E-state index is 13.4. The second-order valence-electron chi connectivity index (χ2n) is 11.1. The third-order valence-corrected chi connectivity index (χ3v) is 9.11. The van der Waals surface area contributed by atoms with E-state index < -0.39 is 0 Å². The molecule has 3 aliphatic rings. The number of H-pyrrole nitrogens is 3. The van der Waals surface area contributed by atoms with Gasteiger partial charge in [-0.3, -0.25) is 14.9 Å². The molecule has 9 nitrogen and oxygen atoms in total. The van der Waals surface area contributed by atoms with Crippen molar-refractivity contribution in [1.82, 2.24) is 30.1 Å². The molecule has 37 heavy (non-hydrogen) atoms. The average Bonchev–Trinajstić information content (AvgIpc) is 3.28. The van der Waals surface area contributed by atoms with Crippen LogP contribution in [0.1, 0.15) is 54.4 Å². The number of fused-ring (bicyclic) bond motifs is 3. The molecule has 0 bridgehead atoms. The summed E-state index contributed by atoms with van der Waals surface area (Å²) < 4.78 is 0. The molecule has 2 aromatic carbocycles. The highest BCUT2D eigenvalue weighted by Crippen LogP contribution is 2.53. The fourth-order valence-electron chi connectivity index (χ4n) is 6.78. The van der Waals surface area contributed by atoms with Gasteiger partial charge in [0.05, 0.1) is 22.1 Å². The number of imidazole rings is 1. The number of aromatic nitrogens is 6. The summed E-state index contributed by atoms with van der Waals surface area (Å²) in [7, 11) is 0. The highest BCUT2D eigenvalue weighted by molar-refractivity contribution is 5.81. The lowest BCUT2D eigenvalue weighted by molar-refractivity contribution is 0.187. The number of nitrogens with one attached hydrogen (secondary N) is 3. The van der Waals surface area contributed by atoms with E-state index in [4.69, 9.17) is 15.7 Å². The molecule has 0 unspecified atom stereocenters. The first-order valence-corrected chi connectivity index (χ1v) is 13.1. The summed E-state index contributed by atoms with van der Waals surface area (Å²) in [6.45, 7) is 1.61. The largest absolute Gasteiger partial charge is 0.342 e. The smallest absolute Gasteiger partial charge is 0.263 e. The molecule has 5 aromatic rings. The summed E-state index contributed by atoms with van der Waals surface area (Å²) in [5, 5.41) is 8.20. The summed E-state index contributed by atoms with van der Waals surface area (Å²) in [5.74, 6) is 1.46. The molecule has 2 fully saturated rings. The minimum atomic E-state index is -0.376. The summed E-state index contributed by atoms with van der Waals surface area (Å²) in [6, 6.07) is 16.6. The molecule has 4 heterocycles. The standard InChI is InChI=1S/C28H28N8O/c29-21-17-6-2-1-5-16(17)15-27(21)11-13-36(14-12-27)26-32-23-20(24(37)33-26)22(34-35-23)28(9-10-28)25-30-18-7-3-4-8-19(18)31-25/h1-8,21H,9-15,29H2,(H,30,31)(H2,32,33,34,35,37)/t21-/m1/s1. The van der Waals surface area contributed by atoms with Crippen LogP contribution >= 0.6 is 0 Å². The van der Waals surface area contributed by atoms with Crippen LogP contribution in [0, 0.1) is 5.41 Å². The zero-order valence-electron chi connectivity index (χ0n) is 20.4.